The number of fused-ring (bicyclic) bond motifs is 1. The summed E-state index contributed by atoms with van der Waals surface area (Å²) in [4.78, 5) is 8.88. The number of nitrogens with one attached hydrogen (secondary N) is 1. The average molecular weight is 448 g/mol. The van der Waals surface area contributed by atoms with Gasteiger partial charge in [-0.25, -0.2) is 9.37 Å². The lowest BCUT2D eigenvalue weighted by Gasteiger charge is -2.52. The largest absolute Gasteiger partial charge is 0.419 e. The molecular weight excluding hydrogens is 424 g/mol. The van der Waals surface area contributed by atoms with Gasteiger partial charge in [-0.15, -0.1) is 5.10 Å². The second kappa shape index (κ2) is 7.84. The zero-order chi connectivity index (χ0) is 23.3. The van der Waals surface area contributed by atoms with Crippen molar-refractivity contribution < 1.29 is 17.6 Å². The van der Waals surface area contributed by atoms with Gasteiger partial charge in [0.2, 0.25) is 0 Å². The number of likely N-dealkylation sites (N-methyl/N-ethyl adjacent to an activating group) is 1. The van der Waals surface area contributed by atoms with Crippen molar-refractivity contribution in [3.05, 3.63) is 53.1 Å². The molecule has 1 aliphatic rings. The first-order valence-corrected chi connectivity index (χ1v) is 10.1. The SMILES string of the molecule is Cc1nnc(NCc2cccc(C(F)(F)F)c2F)c2cc(N3CC(C)(N(C)C)C3)ncc12. The smallest absolute Gasteiger partial charge is 0.364 e. The molecule has 170 valence electrons. The Morgan fingerprint density at radius 3 is 2.53 bits per heavy atom. The maximum Gasteiger partial charge on any atom is 0.419 e. The number of benzene rings is 1. The van der Waals surface area contributed by atoms with Crippen LogP contribution in [0.1, 0.15) is 23.7 Å². The fourth-order valence-electron chi connectivity index (χ4n) is 3.80. The van der Waals surface area contributed by atoms with Crippen LogP contribution in [0.25, 0.3) is 10.8 Å². The summed E-state index contributed by atoms with van der Waals surface area (Å²) in [7, 11) is 4.08. The van der Waals surface area contributed by atoms with E-state index in [4.69, 9.17) is 0 Å². The Labute approximate surface area is 183 Å². The number of nitrogens with zero attached hydrogens (tertiary/aromatic N) is 5. The molecule has 0 atom stereocenters. The van der Waals surface area contributed by atoms with Gasteiger partial charge in [-0.2, -0.15) is 18.3 Å². The van der Waals surface area contributed by atoms with Crippen molar-refractivity contribution in [3.63, 3.8) is 0 Å². The number of hydrogen-bond acceptors (Lipinski definition) is 6. The van der Waals surface area contributed by atoms with Crippen LogP contribution in [-0.2, 0) is 12.7 Å². The van der Waals surface area contributed by atoms with Gasteiger partial charge in [0, 0.05) is 42.2 Å². The quantitative estimate of drug-likeness (QED) is 0.590. The molecule has 0 amide bonds. The van der Waals surface area contributed by atoms with Gasteiger partial charge in [-0.05, 0) is 40.1 Å². The van der Waals surface area contributed by atoms with Gasteiger partial charge >= 0.3 is 6.18 Å². The van der Waals surface area contributed by atoms with Gasteiger partial charge in [0.15, 0.2) is 5.82 Å². The van der Waals surface area contributed by atoms with E-state index in [2.05, 4.69) is 37.2 Å². The third-order valence-electron chi connectivity index (χ3n) is 6.13. The zero-order valence-corrected chi connectivity index (χ0v) is 18.3. The van der Waals surface area contributed by atoms with Crippen molar-refractivity contribution in [2.75, 3.05) is 37.4 Å². The molecule has 3 heterocycles. The van der Waals surface area contributed by atoms with Gasteiger partial charge in [0.05, 0.1) is 16.8 Å². The Balaban J connectivity index is 1.62. The fraction of sp³-hybridized carbons (Fsp3) is 0.409. The monoisotopic (exact) mass is 448 g/mol. The zero-order valence-electron chi connectivity index (χ0n) is 18.3. The van der Waals surface area contributed by atoms with Gasteiger partial charge in [0.25, 0.3) is 0 Å². The summed E-state index contributed by atoms with van der Waals surface area (Å²) in [5.74, 6) is -0.151. The molecule has 4 rings (SSSR count). The minimum absolute atomic E-state index is 0.0607. The standard InChI is InChI=1S/C22H24F4N6/c1-13-16-10-27-18(32-11-21(2,12-32)31(3)4)8-15(16)20(30-29-13)28-9-14-6-5-7-17(19(14)23)22(24,25)26/h5-8,10H,9,11-12H2,1-4H3,(H,28,30). The molecule has 1 saturated heterocycles. The Bertz CT molecular complexity index is 1160. The van der Waals surface area contributed by atoms with Crippen molar-refractivity contribution in [1.82, 2.24) is 20.1 Å². The Morgan fingerprint density at radius 2 is 1.88 bits per heavy atom. The molecule has 0 radical (unpaired) electrons. The molecule has 0 bridgehead atoms. The molecule has 6 nitrogen and oxygen atoms in total. The summed E-state index contributed by atoms with van der Waals surface area (Å²) in [6.07, 6.45) is -3.04. The van der Waals surface area contributed by atoms with Crippen molar-refractivity contribution in [2.24, 2.45) is 0 Å². The third kappa shape index (κ3) is 3.94. The van der Waals surface area contributed by atoms with Crippen molar-refractivity contribution in [2.45, 2.75) is 32.1 Å². The maximum absolute atomic E-state index is 14.4. The lowest BCUT2D eigenvalue weighted by molar-refractivity contribution is -0.140. The summed E-state index contributed by atoms with van der Waals surface area (Å²) < 4.78 is 53.4. The van der Waals surface area contributed by atoms with Gasteiger partial charge in [-0.1, -0.05) is 12.1 Å². The van der Waals surface area contributed by atoms with Crippen molar-refractivity contribution in [1.29, 1.82) is 0 Å². The van der Waals surface area contributed by atoms with E-state index in [1.54, 1.807) is 13.1 Å². The van der Waals surface area contributed by atoms with Crippen LogP contribution in [0.4, 0.5) is 29.2 Å². The molecule has 1 aliphatic heterocycles. The number of aryl methyl sites for hydroxylation is 1. The number of anilines is 2. The van der Waals surface area contributed by atoms with E-state index < -0.39 is 17.6 Å². The second-order valence-electron chi connectivity index (χ2n) is 8.60. The number of pyridine rings is 1. The fourth-order valence-corrected chi connectivity index (χ4v) is 3.80. The topological polar surface area (TPSA) is 57.2 Å². The Hall–Kier alpha value is -3.01. The average Bonchev–Trinajstić information content (AvgIpc) is 2.70. The second-order valence-corrected chi connectivity index (χ2v) is 8.60. The summed E-state index contributed by atoms with van der Waals surface area (Å²) in [6, 6.07) is 5.12. The summed E-state index contributed by atoms with van der Waals surface area (Å²) in [5, 5.41) is 12.7. The Morgan fingerprint density at radius 1 is 1.16 bits per heavy atom. The number of aromatic nitrogens is 3. The highest BCUT2D eigenvalue weighted by Crippen LogP contribution is 2.34. The van der Waals surface area contributed by atoms with Gasteiger partial charge in [0.1, 0.15) is 11.6 Å². The van der Waals surface area contributed by atoms with Crippen LogP contribution in [0.3, 0.4) is 0 Å². The van der Waals surface area contributed by atoms with Gasteiger partial charge < -0.3 is 15.1 Å². The molecule has 0 saturated carbocycles. The first kappa shape index (κ1) is 22.2. The summed E-state index contributed by atoms with van der Waals surface area (Å²) >= 11 is 0. The van der Waals surface area contributed by atoms with Crippen LogP contribution >= 0.6 is 0 Å². The molecule has 10 heteroatoms. The normalized spacial score (nSPS) is 15.8. The number of alkyl halides is 3. The molecule has 1 aromatic carbocycles. The molecular formula is C22H24F4N6. The van der Waals surface area contributed by atoms with E-state index in [9.17, 15) is 17.6 Å². The first-order valence-electron chi connectivity index (χ1n) is 10.1. The lowest BCUT2D eigenvalue weighted by Crippen LogP contribution is -2.67. The predicted molar refractivity (Wildman–Crippen MR) is 115 cm³/mol. The van der Waals surface area contributed by atoms with Crippen LogP contribution < -0.4 is 10.2 Å². The molecule has 0 aliphatic carbocycles. The van der Waals surface area contributed by atoms with Crippen molar-refractivity contribution >= 4 is 22.4 Å². The minimum Gasteiger partial charge on any atom is -0.364 e. The van der Waals surface area contributed by atoms with Gasteiger partial charge in [-0.3, -0.25) is 0 Å². The first-order chi connectivity index (χ1) is 15.0. The van der Waals surface area contributed by atoms with Crippen LogP contribution in [0.5, 0.6) is 0 Å². The third-order valence-corrected chi connectivity index (χ3v) is 6.13. The molecule has 3 aromatic rings. The van der Waals surface area contributed by atoms with E-state index in [-0.39, 0.29) is 17.6 Å². The highest BCUT2D eigenvalue weighted by atomic mass is 19.4. The van der Waals surface area contributed by atoms with Crippen LogP contribution in [0.15, 0.2) is 30.5 Å². The summed E-state index contributed by atoms with van der Waals surface area (Å²) in [5.41, 5.74) is -0.652. The maximum atomic E-state index is 14.4. The number of halogens is 4. The van der Waals surface area contributed by atoms with Crippen LogP contribution in [-0.4, -0.2) is 52.8 Å². The number of hydrogen-bond donors (Lipinski definition) is 1. The minimum atomic E-state index is -4.75. The van der Waals surface area contributed by atoms with E-state index in [0.717, 1.165) is 35.7 Å². The summed E-state index contributed by atoms with van der Waals surface area (Å²) in [6.45, 7) is 5.45. The highest BCUT2D eigenvalue weighted by molar-refractivity contribution is 5.94. The Kier molecular flexibility index (Phi) is 5.44. The highest BCUT2D eigenvalue weighted by Gasteiger charge is 2.41. The number of rotatable bonds is 5. The lowest BCUT2D eigenvalue weighted by atomic mass is 9.91. The molecule has 2 aromatic heterocycles. The van der Waals surface area contributed by atoms with E-state index in [1.807, 2.05) is 20.2 Å². The molecule has 1 fully saturated rings. The molecule has 0 spiro atoms. The van der Waals surface area contributed by atoms with Crippen LogP contribution in [0.2, 0.25) is 0 Å². The molecule has 1 N–H and O–H groups in total. The predicted octanol–water partition coefficient (Wildman–Crippen LogP) is 4.24. The van der Waals surface area contributed by atoms with Crippen molar-refractivity contribution in [3.8, 4) is 0 Å². The van der Waals surface area contributed by atoms with Crippen LogP contribution in [0, 0.1) is 12.7 Å². The van der Waals surface area contributed by atoms with E-state index in [1.165, 1.54) is 12.1 Å². The van der Waals surface area contributed by atoms with E-state index in [0.29, 0.717) is 11.5 Å². The molecule has 32 heavy (non-hydrogen) atoms. The van der Waals surface area contributed by atoms with E-state index >= 15 is 0 Å². The molecule has 0 unspecified atom stereocenters.